The van der Waals surface area contributed by atoms with E-state index in [4.69, 9.17) is 11.6 Å². The Labute approximate surface area is 217 Å². The van der Waals surface area contributed by atoms with Gasteiger partial charge in [0.05, 0.1) is 10.6 Å². The summed E-state index contributed by atoms with van der Waals surface area (Å²) in [7, 11) is -4.11. The number of aryl methyl sites for hydroxylation is 1. The van der Waals surface area contributed by atoms with E-state index >= 15 is 0 Å². The van der Waals surface area contributed by atoms with Crippen LogP contribution in [0, 0.1) is 6.92 Å². The number of hydrogen-bond acceptors (Lipinski definition) is 4. The quantitative estimate of drug-likeness (QED) is 0.423. The average Bonchev–Trinajstić information content (AvgIpc) is 2.87. The van der Waals surface area contributed by atoms with E-state index in [9.17, 15) is 18.0 Å². The van der Waals surface area contributed by atoms with Gasteiger partial charge in [-0.15, -0.1) is 0 Å². The lowest BCUT2D eigenvalue weighted by Crippen LogP contribution is -2.51. The Morgan fingerprint density at radius 3 is 2.17 bits per heavy atom. The minimum atomic E-state index is -4.11. The van der Waals surface area contributed by atoms with Crippen LogP contribution in [0.3, 0.4) is 0 Å². The van der Waals surface area contributed by atoms with Crippen LogP contribution in [0.1, 0.15) is 25.0 Å². The number of nitrogens with zero attached hydrogens (tertiary/aromatic N) is 2. The Morgan fingerprint density at radius 2 is 1.56 bits per heavy atom. The molecule has 0 aliphatic carbocycles. The number of anilines is 1. The normalized spacial score (nSPS) is 12.0. The summed E-state index contributed by atoms with van der Waals surface area (Å²) in [6.07, 6.45) is 0. The van der Waals surface area contributed by atoms with Crippen molar-refractivity contribution >= 4 is 39.1 Å². The van der Waals surface area contributed by atoms with Crippen molar-refractivity contribution in [2.24, 2.45) is 0 Å². The SMILES string of the molecule is CCNC(=O)C(C)N(Cc1ccccc1C)C(=O)CN(c1ccccc1)S(=O)(=O)c1ccc(Cl)cc1. The molecule has 190 valence electrons. The Bertz CT molecular complexity index is 1300. The molecule has 1 atom stereocenters. The molecule has 36 heavy (non-hydrogen) atoms. The Kier molecular flexibility index (Phi) is 9.12. The number of likely N-dealkylation sites (N-methyl/N-ethyl adjacent to an activating group) is 1. The molecule has 2 amide bonds. The van der Waals surface area contributed by atoms with Crippen molar-refractivity contribution in [3.8, 4) is 0 Å². The maximum absolute atomic E-state index is 13.7. The van der Waals surface area contributed by atoms with Crippen LogP contribution in [-0.4, -0.2) is 44.3 Å². The number of carbonyl (C=O) groups excluding carboxylic acids is 2. The summed E-state index contributed by atoms with van der Waals surface area (Å²) < 4.78 is 28.4. The summed E-state index contributed by atoms with van der Waals surface area (Å²) in [5.74, 6) is -0.815. The molecule has 0 heterocycles. The maximum atomic E-state index is 13.7. The minimum Gasteiger partial charge on any atom is -0.355 e. The van der Waals surface area contributed by atoms with E-state index < -0.39 is 28.5 Å². The fraction of sp³-hybridized carbons (Fsp3) is 0.259. The smallest absolute Gasteiger partial charge is 0.264 e. The minimum absolute atomic E-state index is 0.00535. The van der Waals surface area contributed by atoms with Gasteiger partial charge < -0.3 is 10.2 Å². The molecule has 9 heteroatoms. The Hall–Kier alpha value is -3.36. The van der Waals surface area contributed by atoms with E-state index in [-0.39, 0.29) is 17.3 Å². The van der Waals surface area contributed by atoms with Gasteiger partial charge >= 0.3 is 0 Å². The second-order valence-electron chi connectivity index (χ2n) is 8.32. The number of carbonyl (C=O) groups is 2. The van der Waals surface area contributed by atoms with E-state index in [1.165, 1.54) is 29.2 Å². The number of hydrogen-bond donors (Lipinski definition) is 1. The highest BCUT2D eigenvalue weighted by Gasteiger charge is 2.32. The van der Waals surface area contributed by atoms with E-state index in [0.29, 0.717) is 17.3 Å². The molecule has 0 aliphatic heterocycles. The third kappa shape index (κ3) is 6.44. The van der Waals surface area contributed by atoms with Crippen LogP contribution in [0.15, 0.2) is 83.8 Å². The zero-order valence-electron chi connectivity index (χ0n) is 20.5. The topological polar surface area (TPSA) is 86.8 Å². The fourth-order valence-electron chi connectivity index (χ4n) is 3.73. The van der Waals surface area contributed by atoms with E-state index in [0.717, 1.165) is 15.4 Å². The fourth-order valence-corrected chi connectivity index (χ4v) is 5.27. The maximum Gasteiger partial charge on any atom is 0.264 e. The lowest BCUT2D eigenvalue weighted by Gasteiger charge is -2.32. The van der Waals surface area contributed by atoms with Crippen LogP contribution in [0.5, 0.6) is 0 Å². The molecule has 3 aromatic carbocycles. The molecule has 0 spiro atoms. The molecule has 0 saturated heterocycles. The van der Waals surface area contributed by atoms with Crippen molar-refractivity contribution in [3.63, 3.8) is 0 Å². The first-order chi connectivity index (χ1) is 17.1. The number of halogens is 1. The Morgan fingerprint density at radius 1 is 0.944 bits per heavy atom. The molecule has 0 bridgehead atoms. The molecule has 3 rings (SSSR count). The molecule has 1 unspecified atom stereocenters. The predicted molar refractivity (Wildman–Crippen MR) is 142 cm³/mol. The highest BCUT2D eigenvalue weighted by Crippen LogP contribution is 2.25. The van der Waals surface area contributed by atoms with E-state index in [1.54, 1.807) is 44.2 Å². The number of sulfonamides is 1. The summed E-state index contributed by atoms with van der Waals surface area (Å²) in [4.78, 5) is 27.9. The van der Waals surface area contributed by atoms with Gasteiger partial charge in [0.1, 0.15) is 12.6 Å². The predicted octanol–water partition coefficient (Wildman–Crippen LogP) is 4.40. The summed E-state index contributed by atoms with van der Waals surface area (Å²) in [5.41, 5.74) is 2.17. The highest BCUT2D eigenvalue weighted by molar-refractivity contribution is 7.92. The highest BCUT2D eigenvalue weighted by atomic mass is 35.5. The van der Waals surface area contributed by atoms with E-state index in [2.05, 4.69) is 5.32 Å². The lowest BCUT2D eigenvalue weighted by atomic mass is 10.1. The molecule has 0 radical (unpaired) electrons. The van der Waals surface area contributed by atoms with Crippen LogP contribution in [-0.2, 0) is 26.2 Å². The van der Waals surface area contributed by atoms with Crippen molar-refractivity contribution in [3.05, 3.63) is 95.0 Å². The summed E-state index contributed by atoms with van der Waals surface area (Å²) in [6.45, 7) is 5.46. The first kappa shape index (κ1) is 27.2. The second kappa shape index (κ2) is 12.1. The van der Waals surface area contributed by atoms with Gasteiger partial charge in [0, 0.05) is 18.1 Å². The van der Waals surface area contributed by atoms with Crippen LogP contribution in [0.4, 0.5) is 5.69 Å². The van der Waals surface area contributed by atoms with Crippen LogP contribution < -0.4 is 9.62 Å². The summed E-state index contributed by atoms with van der Waals surface area (Å²) in [5, 5.41) is 3.15. The van der Waals surface area contributed by atoms with Gasteiger partial charge in [-0.1, -0.05) is 54.1 Å². The molecular weight excluding hydrogens is 498 g/mol. The van der Waals surface area contributed by atoms with Crippen molar-refractivity contribution < 1.29 is 18.0 Å². The molecule has 3 aromatic rings. The standard InChI is InChI=1S/C27H30ClN3O4S/c1-4-29-27(33)21(3)30(18-22-11-9-8-10-20(22)2)26(32)19-31(24-12-6-5-7-13-24)36(34,35)25-16-14-23(28)15-17-25/h5-17,21H,4,18-19H2,1-3H3,(H,29,33). The van der Waals surface area contributed by atoms with Gasteiger partial charge in [-0.25, -0.2) is 8.42 Å². The lowest BCUT2D eigenvalue weighted by molar-refractivity contribution is -0.139. The summed E-state index contributed by atoms with van der Waals surface area (Å²) in [6, 6.07) is 21.0. The molecule has 1 N–H and O–H groups in total. The molecule has 0 saturated carbocycles. The van der Waals surface area contributed by atoms with Crippen LogP contribution in [0.2, 0.25) is 5.02 Å². The molecular formula is C27H30ClN3O4S. The van der Waals surface area contributed by atoms with E-state index in [1.807, 2.05) is 31.2 Å². The van der Waals surface area contributed by atoms with Crippen molar-refractivity contribution in [2.45, 2.75) is 38.3 Å². The molecule has 7 nitrogen and oxygen atoms in total. The Balaban J connectivity index is 2.01. The monoisotopic (exact) mass is 527 g/mol. The van der Waals surface area contributed by atoms with Gasteiger partial charge in [0.15, 0.2) is 0 Å². The third-order valence-corrected chi connectivity index (χ3v) is 7.88. The third-order valence-electron chi connectivity index (χ3n) is 5.84. The average molecular weight is 528 g/mol. The number of rotatable bonds is 10. The van der Waals surface area contributed by atoms with Crippen LogP contribution in [0.25, 0.3) is 0 Å². The largest absolute Gasteiger partial charge is 0.355 e. The molecule has 0 fully saturated rings. The second-order valence-corrected chi connectivity index (χ2v) is 10.6. The zero-order valence-corrected chi connectivity index (χ0v) is 22.1. The first-order valence-corrected chi connectivity index (χ1v) is 13.4. The summed E-state index contributed by atoms with van der Waals surface area (Å²) >= 11 is 5.96. The number of amides is 2. The number of benzene rings is 3. The molecule has 0 aromatic heterocycles. The number of para-hydroxylation sites is 1. The van der Waals surface area contributed by atoms with Gasteiger partial charge in [-0.3, -0.25) is 13.9 Å². The van der Waals surface area contributed by atoms with Gasteiger partial charge in [0.25, 0.3) is 10.0 Å². The van der Waals surface area contributed by atoms with Crippen molar-refractivity contribution in [1.29, 1.82) is 0 Å². The first-order valence-electron chi connectivity index (χ1n) is 11.6. The zero-order chi connectivity index (χ0) is 26.3. The van der Waals surface area contributed by atoms with Gasteiger partial charge in [-0.2, -0.15) is 0 Å². The molecule has 0 aliphatic rings. The van der Waals surface area contributed by atoms with Crippen molar-refractivity contribution in [2.75, 3.05) is 17.4 Å². The van der Waals surface area contributed by atoms with Gasteiger partial charge in [0.2, 0.25) is 11.8 Å². The van der Waals surface area contributed by atoms with Crippen molar-refractivity contribution in [1.82, 2.24) is 10.2 Å². The van der Waals surface area contributed by atoms with Gasteiger partial charge in [-0.05, 0) is 68.3 Å². The van der Waals surface area contributed by atoms with Crippen LogP contribution >= 0.6 is 11.6 Å². The number of nitrogens with one attached hydrogen (secondary N) is 1.